The zero-order valence-corrected chi connectivity index (χ0v) is 29.0. The zero-order valence-electron chi connectivity index (χ0n) is 29.0. The van der Waals surface area contributed by atoms with Gasteiger partial charge >= 0.3 is 0 Å². The number of morpholine rings is 1. The Morgan fingerprint density at radius 1 is 0.863 bits per heavy atom. The highest BCUT2D eigenvalue weighted by molar-refractivity contribution is 6.52. The minimum absolute atomic E-state index is 0.00144. The summed E-state index contributed by atoms with van der Waals surface area (Å²) in [6.45, 7) is 4.29. The molecule has 12 heteroatoms. The van der Waals surface area contributed by atoms with Crippen LogP contribution in [0.2, 0.25) is 0 Å². The first-order valence-corrected chi connectivity index (χ1v) is 16.6. The smallest absolute Gasteiger partial charge is 0.299 e. The van der Waals surface area contributed by atoms with Crippen LogP contribution in [0.4, 0.5) is 17.1 Å². The number of para-hydroxylation sites is 1. The maximum atomic E-state index is 14.6. The van der Waals surface area contributed by atoms with Gasteiger partial charge in [0, 0.05) is 31.0 Å². The number of nitrogens with one attached hydrogen (secondary N) is 1. The van der Waals surface area contributed by atoms with Crippen LogP contribution in [0.25, 0.3) is 0 Å². The number of benzene rings is 4. The number of nitrogens with zero attached hydrogens (tertiary/aromatic N) is 3. The van der Waals surface area contributed by atoms with Crippen molar-refractivity contribution in [3.63, 3.8) is 0 Å². The van der Waals surface area contributed by atoms with Crippen molar-refractivity contribution in [2.75, 3.05) is 69.3 Å². The van der Waals surface area contributed by atoms with Gasteiger partial charge in [-0.1, -0.05) is 42.0 Å². The lowest BCUT2D eigenvalue weighted by atomic mass is 10.0. The molecular formula is C39H40N4O8. The molecular weight excluding hydrogens is 652 g/mol. The van der Waals surface area contributed by atoms with Crippen molar-refractivity contribution in [2.45, 2.75) is 19.5 Å². The first kappa shape index (κ1) is 35.0. The van der Waals surface area contributed by atoms with Crippen LogP contribution in [0.5, 0.6) is 17.2 Å². The van der Waals surface area contributed by atoms with E-state index in [-0.39, 0.29) is 23.6 Å². The van der Waals surface area contributed by atoms with Crippen molar-refractivity contribution in [3.05, 3.63) is 107 Å². The van der Waals surface area contributed by atoms with Crippen LogP contribution in [-0.4, -0.2) is 82.6 Å². The second-order valence-corrected chi connectivity index (χ2v) is 12.2. The van der Waals surface area contributed by atoms with E-state index in [0.717, 1.165) is 34.8 Å². The number of Topliss-reactive ketones (excluding diaryl/α,β-unsaturated/α-hetero) is 1. The van der Waals surface area contributed by atoms with E-state index in [2.05, 4.69) is 10.2 Å². The lowest BCUT2D eigenvalue weighted by Gasteiger charge is -2.33. The van der Waals surface area contributed by atoms with Crippen molar-refractivity contribution in [3.8, 4) is 17.2 Å². The molecule has 3 amide bonds. The fourth-order valence-electron chi connectivity index (χ4n) is 6.36. The number of fused-ring (bicyclic) bond motifs is 1. The number of amides is 3. The molecule has 1 N–H and O–H groups in total. The highest BCUT2D eigenvalue weighted by Crippen LogP contribution is 2.41. The van der Waals surface area contributed by atoms with Gasteiger partial charge < -0.3 is 34.1 Å². The molecule has 2 aliphatic heterocycles. The first-order valence-electron chi connectivity index (χ1n) is 16.6. The van der Waals surface area contributed by atoms with Crippen LogP contribution in [0, 0.1) is 6.92 Å². The number of ether oxygens (including phenoxy) is 4. The van der Waals surface area contributed by atoms with Crippen molar-refractivity contribution in [1.29, 1.82) is 0 Å². The molecule has 6 rings (SSSR count). The van der Waals surface area contributed by atoms with Gasteiger partial charge in [-0.2, -0.15) is 0 Å². The lowest BCUT2D eigenvalue weighted by molar-refractivity contribution is -0.139. The van der Waals surface area contributed by atoms with E-state index in [1.165, 1.54) is 26.2 Å². The number of carbonyl (C=O) groups is 4. The van der Waals surface area contributed by atoms with Gasteiger partial charge in [0.2, 0.25) is 11.7 Å². The summed E-state index contributed by atoms with van der Waals surface area (Å²) in [5.74, 6) is -1.70. The second-order valence-electron chi connectivity index (χ2n) is 12.2. The molecule has 1 unspecified atom stereocenters. The SMILES string of the molecule is COc1cc(C(C(=O)Nc2ccc(N3CCOCC3)cc2)N(Cc2ccc(C)cc2)C(=O)CN2C(=O)C(=O)c3ccccc32)cc(OC)c1OC. The molecule has 0 bridgehead atoms. The average Bonchev–Trinajstić information content (AvgIpc) is 3.40. The third-order valence-electron chi connectivity index (χ3n) is 9.04. The Morgan fingerprint density at radius 2 is 1.51 bits per heavy atom. The monoisotopic (exact) mass is 692 g/mol. The summed E-state index contributed by atoms with van der Waals surface area (Å²) >= 11 is 0. The van der Waals surface area contributed by atoms with Crippen LogP contribution in [-0.2, 0) is 25.7 Å². The van der Waals surface area contributed by atoms with E-state index in [1.807, 2.05) is 55.5 Å². The zero-order chi connectivity index (χ0) is 36.1. The number of hydrogen-bond donors (Lipinski definition) is 1. The molecule has 2 aliphatic rings. The van der Waals surface area contributed by atoms with Crippen LogP contribution < -0.4 is 29.3 Å². The minimum Gasteiger partial charge on any atom is -0.493 e. The van der Waals surface area contributed by atoms with Gasteiger partial charge in [0.25, 0.3) is 17.6 Å². The number of aryl methyl sites for hydroxylation is 1. The number of ketones is 1. The molecule has 2 heterocycles. The Hall–Kier alpha value is -5.88. The molecule has 0 spiro atoms. The standard InChI is InChI=1S/C39H40N4O8/c1-25-9-11-26(12-10-25)23-43(34(44)24-42-31-8-6-5-7-30(31)36(45)39(42)47)35(27-21-32(48-2)37(50-4)33(22-27)49-3)38(46)40-28-13-15-29(16-14-28)41-17-19-51-20-18-41/h5-16,21-22,35H,17-20,23-24H2,1-4H3,(H,40,46). The quantitative estimate of drug-likeness (QED) is 0.209. The van der Waals surface area contributed by atoms with Crippen molar-refractivity contribution in [2.24, 2.45) is 0 Å². The van der Waals surface area contributed by atoms with Crippen LogP contribution in [0.1, 0.15) is 33.1 Å². The molecule has 264 valence electrons. The van der Waals surface area contributed by atoms with Crippen molar-refractivity contribution >= 4 is 40.6 Å². The van der Waals surface area contributed by atoms with Gasteiger partial charge in [0.05, 0.1) is 45.8 Å². The molecule has 4 aromatic carbocycles. The van der Waals surface area contributed by atoms with Gasteiger partial charge in [0.1, 0.15) is 12.6 Å². The molecule has 1 saturated heterocycles. The van der Waals surface area contributed by atoms with Crippen molar-refractivity contribution < 1.29 is 38.1 Å². The average molecular weight is 693 g/mol. The third kappa shape index (κ3) is 7.36. The summed E-state index contributed by atoms with van der Waals surface area (Å²) in [6, 6.07) is 23.6. The van der Waals surface area contributed by atoms with Gasteiger partial charge in [-0.3, -0.25) is 24.1 Å². The fraction of sp³-hybridized carbons (Fsp3) is 0.282. The predicted molar refractivity (Wildman–Crippen MR) is 192 cm³/mol. The number of methoxy groups -OCH3 is 3. The molecule has 1 fully saturated rings. The lowest BCUT2D eigenvalue weighted by Crippen LogP contribution is -2.46. The molecule has 0 aliphatic carbocycles. The van der Waals surface area contributed by atoms with Crippen molar-refractivity contribution in [1.82, 2.24) is 4.90 Å². The Bertz CT molecular complexity index is 1900. The predicted octanol–water partition coefficient (Wildman–Crippen LogP) is 4.80. The summed E-state index contributed by atoms with van der Waals surface area (Å²) in [5, 5.41) is 3.01. The number of carbonyl (C=O) groups excluding carboxylic acids is 4. The highest BCUT2D eigenvalue weighted by Gasteiger charge is 2.40. The third-order valence-corrected chi connectivity index (χ3v) is 9.04. The topological polar surface area (TPSA) is 127 Å². The molecule has 0 saturated carbocycles. The first-order chi connectivity index (χ1) is 24.7. The summed E-state index contributed by atoms with van der Waals surface area (Å²) in [6.07, 6.45) is 0. The van der Waals surface area contributed by atoms with E-state index in [4.69, 9.17) is 18.9 Å². The van der Waals surface area contributed by atoms with Crippen LogP contribution in [0.15, 0.2) is 84.9 Å². The second kappa shape index (κ2) is 15.3. The molecule has 4 aromatic rings. The summed E-state index contributed by atoms with van der Waals surface area (Å²) < 4.78 is 22.3. The fourth-order valence-corrected chi connectivity index (χ4v) is 6.36. The highest BCUT2D eigenvalue weighted by atomic mass is 16.5. The van der Waals surface area contributed by atoms with Gasteiger partial charge in [-0.25, -0.2) is 0 Å². The maximum absolute atomic E-state index is 14.6. The summed E-state index contributed by atoms with van der Waals surface area (Å²) in [5.41, 5.74) is 4.22. The van der Waals surface area contributed by atoms with Gasteiger partial charge in [0.15, 0.2) is 11.5 Å². The molecule has 1 atom stereocenters. The largest absolute Gasteiger partial charge is 0.493 e. The van der Waals surface area contributed by atoms with Crippen LogP contribution in [0.3, 0.4) is 0 Å². The Labute approximate surface area is 296 Å². The minimum atomic E-state index is -1.25. The number of anilines is 3. The molecule has 0 radical (unpaired) electrons. The summed E-state index contributed by atoms with van der Waals surface area (Å²) in [4.78, 5) is 60.0. The van der Waals surface area contributed by atoms with E-state index in [0.29, 0.717) is 35.9 Å². The molecule has 0 aromatic heterocycles. The molecule has 51 heavy (non-hydrogen) atoms. The van der Waals surface area contributed by atoms with Gasteiger partial charge in [-0.05, 0) is 66.6 Å². The van der Waals surface area contributed by atoms with E-state index < -0.39 is 36.1 Å². The number of rotatable bonds is 12. The van der Waals surface area contributed by atoms with E-state index in [1.54, 1.807) is 36.4 Å². The Balaban J connectivity index is 1.42. The van der Waals surface area contributed by atoms with Gasteiger partial charge in [-0.15, -0.1) is 0 Å². The Kier molecular flexibility index (Phi) is 10.5. The molecule has 12 nitrogen and oxygen atoms in total. The normalized spacial score (nSPS) is 14.5. The van der Waals surface area contributed by atoms with Crippen LogP contribution >= 0.6 is 0 Å². The van der Waals surface area contributed by atoms with E-state index in [9.17, 15) is 19.2 Å². The summed E-state index contributed by atoms with van der Waals surface area (Å²) in [7, 11) is 4.41. The van der Waals surface area contributed by atoms with E-state index >= 15 is 0 Å². The maximum Gasteiger partial charge on any atom is 0.299 e. The number of hydrogen-bond acceptors (Lipinski definition) is 9. The Morgan fingerprint density at radius 3 is 2.14 bits per heavy atom.